The summed E-state index contributed by atoms with van der Waals surface area (Å²) in [5, 5.41) is 25.8. The van der Waals surface area contributed by atoms with Crippen molar-refractivity contribution in [2.24, 2.45) is 0 Å². The van der Waals surface area contributed by atoms with Gasteiger partial charge in [-0.05, 0) is 50.2 Å². The molecule has 4 heterocycles. The lowest BCUT2D eigenvalue weighted by Gasteiger charge is -2.29. The predicted molar refractivity (Wildman–Crippen MR) is 188 cm³/mol. The van der Waals surface area contributed by atoms with Crippen LogP contribution >= 0.6 is 0 Å². The van der Waals surface area contributed by atoms with E-state index < -0.39 is 47.9 Å². The molecule has 6 rings (SSSR count). The molecule has 0 saturated carbocycles. The lowest BCUT2D eigenvalue weighted by molar-refractivity contribution is -0.144. The highest BCUT2D eigenvalue weighted by atomic mass is 16.5. The molecule has 0 aliphatic carbocycles. The van der Waals surface area contributed by atoms with Crippen LogP contribution in [0.3, 0.4) is 0 Å². The molecule has 2 aliphatic rings. The monoisotopic (exact) mass is 711 g/mol. The fraction of sp³-hybridized carbons (Fsp3) is 0.378. The number of para-hydroxylation sites is 1. The zero-order valence-electron chi connectivity index (χ0n) is 28.4. The summed E-state index contributed by atoms with van der Waals surface area (Å²) < 4.78 is 5.32. The van der Waals surface area contributed by atoms with Gasteiger partial charge in [0.2, 0.25) is 29.4 Å². The standard InChI is InChI=1S/C37H41N7O8/c45-32-16-14-28(37(50)51)42-34(47)30-18-24(40-33(46)15-13-23-20-39-26-11-5-4-10-25(23)26)21-44(30)36(49)27(12-6-7-17-38-32)41-35(48)31-19-29(43-52-31)22-8-2-1-3-9-22/h1-5,8-11,19-20,24,27-28,30,39H,6-7,12-18,21H2,(H,38,45)(H,40,46)(H,41,48)(H,42,47)(H,50,51)/t24-,27+,28+,30+/m1/s1. The van der Waals surface area contributed by atoms with E-state index in [0.29, 0.717) is 25.0 Å². The van der Waals surface area contributed by atoms with Gasteiger partial charge in [0.15, 0.2) is 0 Å². The van der Waals surface area contributed by atoms with Crippen LogP contribution in [-0.4, -0.2) is 92.9 Å². The fourth-order valence-corrected chi connectivity index (χ4v) is 6.72. The Labute approximate surface area is 298 Å². The highest BCUT2D eigenvalue weighted by Gasteiger charge is 2.43. The van der Waals surface area contributed by atoms with Gasteiger partial charge in [0.05, 0.1) is 0 Å². The molecule has 0 bridgehead atoms. The summed E-state index contributed by atoms with van der Waals surface area (Å²) in [6.07, 6.45) is 3.31. The van der Waals surface area contributed by atoms with E-state index in [0.717, 1.165) is 22.0 Å². The second kappa shape index (κ2) is 16.4. The number of nitrogens with zero attached hydrogens (tertiary/aromatic N) is 2. The third-order valence-electron chi connectivity index (χ3n) is 9.47. The van der Waals surface area contributed by atoms with Crippen molar-refractivity contribution >= 4 is 46.4 Å². The van der Waals surface area contributed by atoms with Gasteiger partial charge in [0, 0.05) is 60.7 Å². The van der Waals surface area contributed by atoms with Crippen LogP contribution < -0.4 is 21.3 Å². The minimum Gasteiger partial charge on any atom is -0.480 e. The highest BCUT2D eigenvalue weighted by Crippen LogP contribution is 2.24. The first kappa shape index (κ1) is 35.8. The number of aromatic amines is 1. The summed E-state index contributed by atoms with van der Waals surface area (Å²) in [4.78, 5) is 83.6. The molecule has 52 heavy (non-hydrogen) atoms. The zero-order valence-corrected chi connectivity index (χ0v) is 28.4. The Morgan fingerprint density at radius 1 is 0.981 bits per heavy atom. The third kappa shape index (κ3) is 8.65. The number of fused-ring (bicyclic) bond motifs is 2. The van der Waals surface area contributed by atoms with Gasteiger partial charge in [0.25, 0.3) is 5.91 Å². The van der Waals surface area contributed by atoms with Crippen LogP contribution in [0.2, 0.25) is 0 Å². The quantitative estimate of drug-likeness (QED) is 0.158. The number of aliphatic carboxylic acids is 1. The summed E-state index contributed by atoms with van der Waals surface area (Å²) in [6.45, 7) is 0.236. The summed E-state index contributed by atoms with van der Waals surface area (Å²) in [6, 6.07) is 14.1. The second-order valence-corrected chi connectivity index (χ2v) is 13.1. The second-order valence-electron chi connectivity index (χ2n) is 13.1. The van der Waals surface area contributed by atoms with Crippen molar-refractivity contribution in [1.29, 1.82) is 0 Å². The van der Waals surface area contributed by atoms with Crippen LogP contribution in [0.25, 0.3) is 22.2 Å². The molecule has 0 radical (unpaired) electrons. The number of nitrogens with one attached hydrogen (secondary N) is 5. The molecule has 0 spiro atoms. The van der Waals surface area contributed by atoms with Gasteiger partial charge in [-0.1, -0.05) is 53.7 Å². The van der Waals surface area contributed by atoms with E-state index in [1.165, 1.54) is 11.0 Å². The number of hydrogen-bond donors (Lipinski definition) is 6. The van der Waals surface area contributed by atoms with E-state index in [4.69, 9.17) is 4.52 Å². The zero-order chi connectivity index (χ0) is 36.6. The smallest absolute Gasteiger partial charge is 0.326 e. The maximum atomic E-state index is 14.3. The molecule has 2 fully saturated rings. The summed E-state index contributed by atoms with van der Waals surface area (Å²) in [5.41, 5.74) is 3.11. The molecule has 2 aromatic heterocycles. The Kier molecular flexibility index (Phi) is 11.3. The van der Waals surface area contributed by atoms with Gasteiger partial charge in [-0.15, -0.1) is 0 Å². The number of amides is 5. The number of aryl methyl sites for hydroxylation is 1. The van der Waals surface area contributed by atoms with Crippen LogP contribution in [0.5, 0.6) is 0 Å². The number of H-pyrrole nitrogens is 1. The molecule has 15 heteroatoms. The average Bonchev–Trinajstić information content (AvgIpc) is 3.90. The Hall–Kier alpha value is -5.99. The molecule has 4 aromatic rings. The number of carbonyl (C=O) groups excluding carboxylic acids is 5. The van der Waals surface area contributed by atoms with Crippen molar-refractivity contribution in [3.8, 4) is 11.3 Å². The van der Waals surface area contributed by atoms with Gasteiger partial charge in [-0.2, -0.15) is 0 Å². The minimum atomic E-state index is -1.38. The summed E-state index contributed by atoms with van der Waals surface area (Å²) >= 11 is 0. The largest absolute Gasteiger partial charge is 0.480 e. The summed E-state index contributed by atoms with van der Waals surface area (Å²) in [5.74, 6) is -4.08. The third-order valence-corrected chi connectivity index (χ3v) is 9.47. The van der Waals surface area contributed by atoms with Crippen molar-refractivity contribution in [1.82, 2.24) is 36.3 Å². The fourth-order valence-electron chi connectivity index (χ4n) is 6.72. The van der Waals surface area contributed by atoms with Crippen LogP contribution in [0, 0.1) is 0 Å². The van der Waals surface area contributed by atoms with Gasteiger partial charge >= 0.3 is 5.97 Å². The molecular weight excluding hydrogens is 670 g/mol. The predicted octanol–water partition coefficient (Wildman–Crippen LogP) is 2.29. The van der Waals surface area contributed by atoms with Gasteiger partial charge in [-0.25, -0.2) is 4.79 Å². The van der Waals surface area contributed by atoms with E-state index >= 15 is 0 Å². The SMILES string of the molecule is O=C1CC[C@@H](C(=O)O)NC(=O)[C@@H]2C[C@@H](NC(=O)CCc3c[nH]c4ccccc34)CN2C(=O)[C@@H](NC(=O)c2cc(-c3ccccc3)no2)CCCCN1. The van der Waals surface area contributed by atoms with Gasteiger partial charge in [-0.3, -0.25) is 24.0 Å². The first-order valence-electron chi connectivity index (χ1n) is 17.4. The number of carboxylic acid groups (broad SMARTS) is 1. The maximum Gasteiger partial charge on any atom is 0.326 e. The molecule has 272 valence electrons. The number of aromatic nitrogens is 2. The highest BCUT2D eigenvalue weighted by molar-refractivity contribution is 5.98. The normalized spacial score (nSPS) is 21.7. The number of carbonyl (C=O) groups is 6. The first-order chi connectivity index (χ1) is 25.2. The number of hydrogen-bond acceptors (Lipinski definition) is 8. The molecule has 4 atom stereocenters. The molecular formula is C37H41N7O8. The van der Waals surface area contributed by atoms with E-state index in [1.807, 2.05) is 60.8 Å². The Morgan fingerprint density at radius 3 is 2.58 bits per heavy atom. The van der Waals surface area contributed by atoms with Gasteiger partial charge < -0.3 is 40.8 Å². The van der Waals surface area contributed by atoms with Crippen LogP contribution in [0.15, 0.2) is 71.4 Å². The summed E-state index contributed by atoms with van der Waals surface area (Å²) in [7, 11) is 0. The van der Waals surface area contributed by atoms with E-state index in [9.17, 15) is 33.9 Å². The first-order valence-corrected chi connectivity index (χ1v) is 17.4. The van der Waals surface area contributed by atoms with E-state index in [-0.39, 0.29) is 62.8 Å². The maximum absolute atomic E-state index is 14.3. The molecule has 15 nitrogen and oxygen atoms in total. The Bertz CT molecular complexity index is 1940. The van der Waals surface area contributed by atoms with Crippen molar-refractivity contribution in [3.05, 3.63) is 78.2 Å². The van der Waals surface area contributed by atoms with Crippen LogP contribution in [0.4, 0.5) is 0 Å². The van der Waals surface area contributed by atoms with Crippen molar-refractivity contribution < 1.29 is 38.4 Å². The lowest BCUT2D eigenvalue weighted by Crippen LogP contribution is -2.55. The molecule has 2 aliphatic heterocycles. The van der Waals surface area contributed by atoms with Crippen LogP contribution in [0.1, 0.15) is 61.1 Å². The molecule has 2 saturated heterocycles. The lowest BCUT2D eigenvalue weighted by atomic mass is 10.1. The number of benzene rings is 2. The van der Waals surface area contributed by atoms with Crippen molar-refractivity contribution in [2.45, 2.75) is 75.5 Å². The van der Waals surface area contributed by atoms with Gasteiger partial charge in [0.1, 0.15) is 23.8 Å². The topological polar surface area (TPSA) is 216 Å². The molecule has 5 amide bonds. The number of carboxylic acids is 1. The van der Waals surface area contributed by atoms with Crippen LogP contribution in [-0.2, 0) is 30.4 Å². The molecule has 6 N–H and O–H groups in total. The Balaban J connectivity index is 1.20. The van der Waals surface area contributed by atoms with E-state index in [1.54, 1.807) is 0 Å². The van der Waals surface area contributed by atoms with Crippen molar-refractivity contribution in [3.63, 3.8) is 0 Å². The van der Waals surface area contributed by atoms with E-state index in [2.05, 4.69) is 31.4 Å². The molecule has 2 aromatic carbocycles. The molecule has 0 unspecified atom stereocenters. The Morgan fingerprint density at radius 2 is 1.77 bits per heavy atom. The van der Waals surface area contributed by atoms with Crippen molar-refractivity contribution in [2.75, 3.05) is 13.1 Å². The minimum absolute atomic E-state index is 0.0203. The number of rotatable bonds is 8. The average molecular weight is 712 g/mol.